The minimum absolute atomic E-state index is 0.416. The normalized spacial score (nSPS) is 36.6. The maximum absolute atomic E-state index is 3.84. The number of hydrogen-bond donors (Lipinski definition) is 1. The van der Waals surface area contributed by atoms with Crippen LogP contribution in [0, 0.1) is 5.92 Å². The van der Waals surface area contributed by atoms with Crippen molar-refractivity contribution in [3.63, 3.8) is 0 Å². The van der Waals surface area contributed by atoms with Crippen molar-refractivity contribution in [1.29, 1.82) is 0 Å². The van der Waals surface area contributed by atoms with Crippen molar-refractivity contribution in [3.8, 4) is 0 Å². The monoisotopic (exact) mass is 224 g/mol. The van der Waals surface area contributed by atoms with Crippen LogP contribution in [0.25, 0.3) is 0 Å². The fourth-order valence-electron chi connectivity index (χ4n) is 3.25. The van der Waals surface area contributed by atoms with Crippen molar-refractivity contribution >= 4 is 0 Å². The van der Waals surface area contributed by atoms with Crippen LogP contribution in [0.3, 0.4) is 0 Å². The molecule has 0 radical (unpaired) electrons. The summed E-state index contributed by atoms with van der Waals surface area (Å²) in [5.74, 6) is 0.953. The minimum Gasteiger partial charge on any atom is -0.308 e. The van der Waals surface area contributed by atoms with Crippen molar-refractivity contribution in [1.82, 2.24) is 10.2 Å². The first kappa shape index (κ1) is 12.4. The molecule has 0 aromatic rings. The zero-order valence-electron chi connectivity index (χ0n) is 11.3. The molecule has 0 spiro atoms. The van der Waals surface area contributed by atoms with Gasteiger partial charge in [0.15, 0.2) is 0 Å². The smallest absolute Gasteiger partial charge is 0.0309 e. The number of piperazine rings is 1. The van der Waals surface area contributed by atoms with Gasteiger partial charge in [0.2, 0.25) is 0 Å². The van der Waals surface area contributed by atoms with Crippen LogP contribution in [-0.4, -0.2) is 36.1 Å². The summed E-state index contributed by atoms with van der Waals surface area (Å²) in [7, 11) is 0. The molecule has 2 heteroatoms. The molecule has 2 rings (SSSR count). The molecular weight excluding hydrogens is 196 g/mol. The molecular formula is C14H28N2. The van der Waals surface area contributed by atoms with Gasteiger partial charge >= 0.3 is 0 Å². The summed E-state index contributed by atoms with van der Waals surface area (Å²) in [4.78, 5) is 2.75. The van der Waals surface area contributed by atoms with Gasteiger partial charge in [0.05, 0.1) is 0 Å². The second kappa shape index (κ2) is 5.05. The molecule has 1 aliphatic carbocycles. The third kappa shape index (κ3) is 2.60. The zero-order chi connectivity index (χ0) is 11.6. The van der Waals surface area contributed by atoms with Crippen LogP contribution in [0.5, 0.6) is 0 Å². The Morgan fingerprint density at radius 3 is 2.56 bits per heavy atom. The van der Waals surface area contributed by atoms with Gasteiger partial charge in [0, 0.05) is 24.7 Å². The van der Waals surface area contributed by atoms with Gasteiger partial charge in [-0.2, -0.15) is 0 Å². The summed E-state index contributed by atoms with van der Waals surface area (Å²) in [6.07, 6.45) is 6.85. The van der Waals surface area contributed by atoms with E-state index in [2.05, 4.69) is 31.0 Å². The van der Waals surface area contributed by atoms with E-state index < -0.39 is 0 Å². The van der Waals surface area contributed by atoms with Gasteiger partial charge in [0.25, 0.3) is 0 Å². The van der Waals surface area contributed by atoms with Gasteiger partial charge in [-0.15, -0.1) is 0 Å². The highest BCUT2D eigenvalue weighted by Gasteiger charge is 2.45. The highest BCUT2D eigenvalue weighted by Crippen LogP contribution is 2.41. The fraction of sp³-hybridized carbons (Fsp3) is 1.00. The van der Waals surface area contributed by atoms with E-state index in [1.165, 1.54) is 51.7 Å². The van der Waals surface area contributed by atoms with Crippen LogP contribution in [0.1, 0.15) is 52.9 Å². The Bertz CT molecular complexity index is 225. The van der Waals surface area contributed by atoms with Crippen molar-refractivity contribution in [2.75, 3.05) is 19.6 Å². The molecule has 16 heavy (non-hydrogen) atoms. The summed E-state index contributed by atoms with van der Waals surface area (Å²) in [6.45, 7) is 10.8. The van der Waals surface area contributed by atoms with Gasteiger partial charge in [-0.05, 0) is 45.1 Å². The van der Waals surface area contributed by atoms with Crippen LogP contribution in [-0.2, 0) is 0 Å². The highest BCUT2D eigenvalue weighted by molar-refractivity contribution is 5.03. The van der Waals surface area contributed by atoms with Crippen LogP contribution in [0.4, 0.5) is 0 Å². The number of hydrogen-bond acceptors (Lipinski definition) is 2. The Labute approximate surface area is 101 Å². The second-order valence-corrected chi connectivity index (χ2v) is 5.99. The predicted molar refractivity (Wildman–Crippen MR) is 69.7 cm³/mol. The molecule has 1 N–H and O–H groups in total. The largest absolute Gasteiger partial charge is 0.308 e. The molecule has 1 saturated heterocycles. The molecule has 0 aromatic carbocycles. The molecule has 1 saturated carbocycles. The maximum atomic E-state index is 3.84. The lowest BCUT2D eigenvalue weighted by Crippen LogP contribution is -2.63. The van der Waals surface area contributed by atoms with E-state index in [4.69, 9.17) is 0 Å². The summed E-state index contributed by atoms with van der Waals surface area (Å²) >= 11 is 0. The lowest BCUT2D eigenvalue weighted by atomic mass is 9.90. The van der Waals surface area contributed by atoms with Gasteiger partial charge in [-0.1, -0.05) is 20.3 Å². The van der Waals surface area contributed by atoms with Crippen LogP contribution >= 0.6 is 0 Å². The quantitative estimate of drug-likeness (QED) is 0.772. The molecule has 1 aliphatic heterocycles. The van der Waals surface area contributed by atoms with E-state index >= 15 is 0 Å². The van der Waals surface area contributed by atoms with Crippen molar-refractivity contribution < 1.29 is 0 Å². The number of nitrogens with one attached hydrogen (secondary N) is 1. The van der Waals surface area contributed by atoms with E-state index in [9.17, 15) is 0 Å². The standard InChI is InChI=1S/C14H28N2/c1-4-6-13-10-15-14(3,12-7-8-12)11-16(13)9-5-2/h12-13,15H,4-11H2,1-3H3. The van der Waals surface area contributed by atoms with Crippen LogP contribution in [0.2, 0.25) is 0 Å². The lowest BCUT2D eigenvalue weighted by molar-refractivity contribution is 0.0703. The summed E-state index contributed by atoms with van der Waals surface area (Å²) in [5.41, 5.74) is 0.416. The average Bonchev–Trinajstić information content (AvgIpc) is 3.07. The molecule has 0 bridgehead atoms. The minimum atomic E-state index is 0.416. The van der Waals surface area contributed by atoms with E-state index in [0.29, 0.717) is 5.54 Å². The predicted octanol–water partition coefficient (Wildman–Crippen LogP) is 2.64. The zero-order valence-corrected chi connectivity index (χ0v) is 11.3. The third-order valence-electron chi connectivity index (χ3n) is 4.40. The summed E-state index contributed by atoms with van der Waals surface area (Å²) in [6, 6.07) is 0.789. The topological polar surface area (TPSA) is 15.3 Å². The van der Waals surface area contributed by atoms with E-state index in [1.807, 2.05) is 0 Å². The Morgan fingerprint density at radius 2 is 2.00 bits per heavy atom. The SMILES string of the molecule is CCCC1CNC(C)(C2CC2)CN1CCC. The van der Waals surface area contributed by atoms with E-state index in [-0.39, 0.29) is 0 Å². The molecule has 2 unspecified atom stereocenters. The first-order valence-corrected chi connectivity index (χ1v) is 7.18. The molecule has 0 amide bonds. The molecule has 2 aliphatic rings. The van der Waals surface area contributed by atoms with Gasteiger partial charge in [0.1, 0.15) is 0 Å². The van der Waals surface area contributed by atoms with Gasteiger partial charge < -0.3 is 5.32 Å². The Kier molecular flexibility index (Phi) is 3.91. The summed E-state index contributed by atoms with van der Waals surface area (Å²) < 4.78 is 0. The molecule has 94 valence electrons. The molecule has 1 heterocycles. The second-order valence-electron chi connectivity index (χ2n) is 5.99. The first-order chi connectivity index (χ1) is 7.69. The van der Waals surface area contributed by atoms with E-state index in [0.717, 1.165) is 12.0 Å². The van der Waals surface area contributed by atoms with Crippen molar-refractivity contribution in [2.24, 2.45) is 5.92 Å². The Morgan fingerprint density at radius 1 is 1.25 bits per heavy atom. The number of rotatable bonds is 5. The number of nitrogens with zero attached hydrogens (tertiary/aromatic N) is 1. The lowest BCUT2D eigenvalue weighted by Gasteiger charge is -2.47. The first-order valence-electron chi connectivity index (χ1n) is 7.18. The van der Waals surface area contributed by atoms with E-state index in [1.54, 1.807) is 0 Å². The average molecular weight is 224 g/mol. The highest BCUT2D eigenvalue weighted by atomic mass is 15.3. The van der Waals surface area contributed by atoms with Crippen molar-refractivity contribution in [2.45, 2.75) is 64.5 Å². The van der Waals surface area contributed by atoms with Gasteiger partial charge in [-0.3, -0.25) is 4.90 Å². The molecule has 2 nitrogen and oxygen atoms in total. The summed E-state index contributed by atoms with van der Waals surface area (Å²) in [5, 5.41) is 3.84. The molecule has 2 atom stereocenters. The van der Waals surface area contributed by atoms with Crippen molar-refractivity contribution in [3.05, 3.63) is 0 Å². The third-order valence-corrected chi connectivity index (χ3v) is 4.40. The molecule has 2 fully saturated rings. The Balaban J connectivity index is 1.96. The van der Waals surface area contributed by atoms with Crippen LogP contribution < -0.4 is 5.32 Å². The van der Waals surface area contributed by atoms with Crippen LogP contribution in [0.15, 0.2) is 0 Å². The molecule has 0 aromatic heterocycles. The fourth-order valence-corrected chi connectivity index (χ4v) is 3.25. The Hall–Kier alpha value is -0.0800. The maximum Gasteiger partial charge on any atom is 0.0309 e. The van der Waals surface area contributed by atoms with Gasteiger partial charge in [-0.25, -0.2) is 0 Å².